The lowest BCUT2D eigenvalue weighted by molar-refractivity contribution is 0.0342. The van der Waals surface area contributed by atoms with Gasteiger partial charge >= 0.3 is 0 Å². The monoisotopic (exact) mass is 487 g/mol. The molecular formula is C29H30FN3O3. The van der Waals surface area contributed by atoms with Gasteiger partial charge in [-0.2, -0.15) is 0 Å². The Morgan fingerprint density at radius 2 is 1.69 bits per heavy atom. The molecule has 0 spiro atoms. The number of amides is 1. The fourth-order valence-electron chi connectivity index (χ4n) is 6.01. The molecule has 1 aromatic heterocycles. The Labute approximate surface area is 209 Å². The number of hydrogen-bond donors (Lipinski definition) is 0. The van der Waals surface area contributed by atoms with Crippen molar-refractivity contribution in [3.8, 4) is 11.1 Å². The van der Waals surface area contributed by atoms with E-state index in [2.05, 4.69) is 17.0 Å². The Bertz CT molecular complexity index is 1330. The molecule has 3 aliphatic rings. The molecule has 0 saturated carbocycles. The van der Waals surface area contributed by atoms with E-state index in [4.69, 9.17) is 4.74 Å². The minimum Gasteiger partial charge on any atom is -0.379 e. The molecular weight excluding hydrogens is 457 g/mol. The number of carbonyl (C=O) groups is 1. The van der Waals surface area contributed by atoms with Gasteiger partial charge in [0.2, 0.25) is 0 Å². The molecule has 0 radical (unpaired) electrons. The van der Waals surface area contributed by atoms with Gasteiger partial charge in [0.05, 0.1) is 13.2 Å². The summed E-state index contributed by atoms with van der Waals surface area (Å²) in [6.45, 7) is 5.86. The van der Waals surface area contributed by atoms with Gasteiger partial charge in [0.25, 0.3) is 11.5 Å². The second-order valence-corrected chi connectivity index (χ2v) is 10.1. The number of fused-ring (bicyclic) bond motifs is 4. The van der Waals surface area contributed by atoms with Crippen LogP contribution < -0.4 is 5.56 Å². The quantitative estimate of drug-likeness (QED) is 0.563. The van der Waals surface area contributed by atoms with Crippen molar-refractivity contribution in [2.45, 2.75) is 25.4 Å². The van der Waals surface area contributed by atoms with E-state index in [1.807, 2.05) is 33.7 Å². The molecule has 2 atom stereocenters. The van der Waals surface area contributed by atoms with Crippen LogP contribution in [0.1, 0.15) is 34.0 Å². The Morgan fingerprint density at radius 1 is 0.917 bits per heavy atom. The highest BCUT2D eigenvalue weighted by Gasteiger charge is 2.37. The lowest BCUT2D eigenvalue weighted by Gasteiger charge is -2.43. The van der Waals surface area contributed by atoms with E-state index in [1.54, 1.807) is 12.1 Å². The van der Waals surface area contributed by atoms with Gasteiger partial charge in [0, 0.05) is 62.0 Å². The highest BCUT2D eigenvalue weighted by atomic mass is 19.1. The molecule has 2 fully saturated rings. The summed E-state index contributed by atoms with van der Waals surface area (Å²) < 4.78 is 20.7. The molecule has 7 heteroatoms. The lowest BCUT2D eigenvalue weighted by atomic mass is 9.82. The molecule has 0 N–H and O–H groups in total. The van der Waals surface area contributed by atoms with Gasteiger partial charge in [-0.05, 0) is 59.9 Å². The smallest absolute Gasteiger partial charge is 0.258 e. The predicted molar refractivity (Wildman–Crippen MR) is 135 cm³/mol. The van der Waals surface area contributed by atoms with Crippen LogP contribution in [0.15, 0.2) is 65.5 Å². The molecule has 3 aromatic rings. The number of halogens is 1. The fourth-order valence-corrected chi connectivity index (χ4v) is 6.01. The van der Waals surface area contributed by atoms with E-state index in [9.17, 15) is 14.0 Å². The largest absolute Gasteiger partial charge is 0.379 e. The van der Waals surface area contributed by atoms with Crippen molar-refractivity contribution >= 4 is 5.91 Å². The van der Waals surface area contributed by atoms with Crippen LogP contribution in [0.2, 0.25) is 0 Å². The number of morpholine rings is 1. The van der Waals surface area contributed by atoms with Gasteiger partial charge in [0.1, 0.15) is 5.82 Å². The molecule has 4 heterocycles. The summed E-state index contributed by atoms with van der Waals surface area (Å²) in [4.78, 5) is 31.1. The van der Waals surface area contributed by atoms with Crippen molar-refractivity contribution in [2.75, 3.05) is 39.4 Å². The van der Waals surface area contributed by atoms with Crippen molar-refractivity contribution in [3.63, 3.8) is 0 Å². The van der Waals surface area contributed by atoms with Crippen LogP contribution in [0.5, 0.6) is 0 Å². The van der Waals surface area contributed by atoms with E-state index in [0.29, 0.717) is 25.2 Å². The van der Waals surface area contributed by atoms with Crippen LogP contribution in [0.3, 0.4) is 0 Å². The Hall–Kier alpha value is -3.29. The summed E-state index contributed by atoms with van der Waals surface area (Å²) in [6.07, 6.45) is 0.972. The van der Waals surface area contributed by atoms with Gasteiger partial charge in [0.15, 0.2) is 0 Å². The normalized spacial score (nSPS) is 21.8. The van der Waals surface area contributed by atoms with E-state index in [-0.39, 0.29) is 29.1 Å². The van der Waals surface area contributed by atoms with Crippen molar-refractivity contribution in [3.05, 3.63) is 93.7 Å². The molecule has 2 bridgehead atoms. The number of benzene rings is 2. The second kappa shape index (κ2) is 9.64. The highest BCUT2D eigenvalue weighted by Crippen LogP contribution is 2.36. The maximum absolute atomic E-state index is 13.8. The first-order valence-electron chi connectivity index (χ1n) is 12.7. The molecule has 6 rings (SSSR count). The van der Waals surface area contributed by atoms with E-state index >= 15 is 0 Å². The summed E-state index contributed by atoms with van der Waals surface area (Å²) >= 11 is 0. The SMILES string of the molecule is O=C(c1ccc(F)cc1)N1C[C@H]2C[C@H](C1)c1ccc(-c3ccccc3CN3CCOCC3)c(=O)n1C2. The highest BCUT2D eigenvalue weighted by molar-refractivity contribution is 5.94. The van der Waals surface area contributed by atoms with Crippen LogP contribution in [-0.2, 0) is 17.8 Å². The van der Waals surface area contributed by atoms with Gasteiger partial charge in [-0.3, -0.25) is 14.5 Å². The second-order valence-electron chi connectivity index (χ2n) is 10.1. The number of rotatable bonds is 4. The Morgan fingerprint density at radius 3 is 2.50 bits per heavy atom. The van der Waals surface area contributed by atoms with Crippen molar-refractivity contribution < 1.29 is 13.9 Å². The molecule has 6 nitrogen and oxygen atoms in total. The fraction of sp³-hybridized carbons (Fsp3) is 0.379. The Kier molecular flexibility index (Phi) is 6.19. The number of ether oxygens (including phenoxy) is 1. The molecule has 186 valence electrons. The van der Waals surface area contributed by atoms with Crippen molar-refractivity contribution in [2.24, 2.45) is 5.92 Å². The maximum Gasteiger partial charge on any atom is 0.258 e. The predicted octanol–water partition coefficient (Wildman–Crippen LogP) is 3.75. The number of pyridine rings is 1. The molecule has 0 aliphatic carbocycles. The third-order valence-electron chi connectivity index (χ3n) is 7.79. The van der Waals surface area contributed by atoms with Crippen molar-refractivity contribution in [1.29, 1.82) is 0 Å². The van der Waals surface area contributed by atoms with Gasteiger partial charge in [-0.1, -0.05) is 24.3 Å². The minimum absolute atomic E-state index is 0.0509. The zero-order chi connectivity index (χ0) is 24.6. The zero-order valence-electron chi connectivity index (χ0n) is 20.2. The summed E-state index contributed by atoms with van der Waals surface area (Å²) in [6, 6.07) is 18.0. The van der Waals surface area contributed by atoms with E-state index in [1.165, 1.54) is 12.1 Å². The van der Waals surface area contributed by atoms with Crippen LogP contribution in [-0.4, -0.2) is 59.7 Å². The average molecular weight is 488 g/mol. The maximum atomic E-state index is 13.8. The summed E-state index contributed by atoms with van der Waals surface area (Å²) in [5.41, 5.74) is 4.44. The summed E-state index contributed by atoms with van der Waals surface area (Å²) in [7, 11) is 0. The third kappa shape index (κ3) is 4.38. The molecule has 1 amide bonds. The van der Waals surface area contributed by atoms with Crippen LogP contribution in [0.25, 0.3) is 11.1 Å². The number of carbonyl (C=O) groups excluding carboxylic acids is 1. The zero-order valence-corrected chi connectivity index (χ0v) is 20.2. The standard InChI is InChI=1S/C29H30FN3O3/c30-24-7-5-21(6-8-24)28(34)32-16-20-15-23(19-32)27-10-9-26(29(35)33(27)17-20)25-4-2-1-3-22(25)18-31-11-13-36-14-12-31/h1-10,20,23H,11-19H2/t20-,23-/m1/s1. The number of piperidine rings is 1. The van der Waals surface area contributed by atoms with E-state index < -0.39 is 0 Å². The number of aromatic nitrogens is 1. The first kappa shape index (κ1) is 23.1. The van der Waals surface area contributed by atoms with Crippen LogP contribution in [0.4, 0.5) is 4.39 Å². The number of likely N-dealkylation sites (tertiary alicyclic amines) is 1. The minimum atomic E-state index is -0.349. The average Bonchev–Trinajstić information content (AvgIpc) is 2.90. The molecule has 2 saturated heterocycles. The number of nitrogens with zero attached hydrogens (tertiary/aromatic N) is 3. The van der Waals surface area contributed by atoms with Crippen LogP contribution in [0, 0.1) is 11.7 Å². The summed E-state index contributed by atoms with van der Waals surface area (Å²) in [5, 5.41) is 0. The van der Waals surface area contributed by atoms with Crippen LogP contribution >= 0.6 is 0 Å². The van der Waals surface area contributed by atoms with Gasteiger partial charge in [-0.15, -0.1) is 0 Å². The number of hydrogen-bond acceptors (Lipinski definition) is 4. The Balaban J connectivity index is 1.28. The molecule has 3 aliphatic heterocycles. The lowest BCUT2D eigenvalue weighted by Crippen LogP contribution is -2.49. The van der Waals surface area contributed by atoms with Gasteiger partial charge < -0.3 is 14.2 Å². The molecule has 36 heavy (non-hydrogen) atoms. The topological polar surface area (TPSA) is 54.8 Å². The van der Waals surface area contributed by atoms with Gasteiger partial charge in [-0.25, -0.2) is 4.39 Å². The van der Waals surface area contributed by atoms with Crippen molar-refractivity contribution in [1.82, 2.24) is 14.4 Å². The molecule has 2 aromatic carbocycles. The van der Waals surface area contributed by atoms with E-state index in [0.717, 1.165) is 61.7 Å². The first-order chi connectivity index (χ1) is 17.6. The first-order valence-corrected chi connectivity index (χ1v) is 12.7. The summed E-state index contributed by atoms with van der Waals surface area (Å²) in [5.74, 6) is -0.0868. The third-order valence-corrected chi connectivity index (χ3v) is 7.79. The molecule has 0 unspecified atom stereocenters.